The van der Waals surface area contributed by atoms with E-state index in [9.17, 15) is 0 Å². The number of pyridine rings is 3. The molecule has 0 saturated heterocycles. The van der Waals surface area contributed by atoms with Gasteiger partial charge in [-0.1, -0.05) is 60.7 Å². The van der Waals surface area contributed by atoms with Gasteiger partial charge in [0.15, 0.2) is 5.65 Å². The molecule has 6 heterocycles. The van der Waals surface area contributed by atoms with Crippen LogP contribution in [0.15, 0.2) is 146 Å². The van der Waals surface area contributed by atoms with Gasteiger partial charge in [-0.2, -0.15) is 0 Å². The van der Waals surface area contributed by atoms with E-state index in [1.165, 1.54) is 38.1 Å². The summed E-state index contributed by atoms with van der Waals surface area (Å²) in [7, 11) is 0. The summed E-state index contributed by atoms with van der Waals surface area (Å²) in [5, 5.41) is 8.16. The van der Waals surface area contributed by atoms with E-state index in [1.807, 2.05) is 18.3 Å². The molecule has 6 heteroatoms. The van der Waals surface area contributed by atoms with E-state index in [0.717, 1.165) is 49.9 Å². The Morgan fingerprint density at radius 3 is 1.83 bits per heavy atom. The molecule has 6 aromatic heterocycles. The SMILES string of the molecule is c1ccc(-n2c3ccccc3c3c2ccc2c4c5c6cccnc6n6c7cccnc7nc6c5ccc4n(-c4ccccc4)c23)cc1. The summed E-state index contributed by atoms with van der Waals surface area (Å²) in [5.41, 5.74) is 10.4. The maximum atomic E-state index is 5.07. The van der Waals surface area contributed by atoms with Crippen LogP contribution >= 0.6 is 0 Å². The normalized spacial score (nSPS) is 12.3. The summed E-state index contributed by atoms with van der Waals surface area (Å²) in [4.78, 5) is 14.6. The molecule has 5 aromatic carbocycles. The van der Waals surface area contributed by atoms with Gasteiger partial charge in [0.2, 0.25) is 0 Å². The molecule has 0 bridgehead atoms. The lowest BCUT2D eigenvalue weighted by molar-refractivity contribution is 1.17. The highest BCUT2D eigenvalue weighted by Gasteiger charge is 2.24. The first-order chi connectivity index (χ1) is 23.4. The minimum Gasteiger partial charge on any atom is -0.309 e. The van der Waals surface area contributed by atoms with E-state index >= 15 is 0 Å². The van der Waals surface area contributed by atoms with Crippen LogP contribution in [-0.2, 0) is 0 Å². The third-order valence-electron chi connectivity index (χ3n) is 9.70. The lowest BCUT2D eigenvalue weighted by Crippen LogP contribution is -1.96. The Labute approximate surface area is 267 Å². The second-order valence-electron chi connectivity index (χ2n) is 12.1. The molecule has 0 spiro atoms. The standard InChI is InChI=1S/C41H24N6/c1-3-11-25(12-4-1)45-31-17-8-7-15-27(31)37-33(45)21-19-28-36-32(46(38(28)37)26-13-5-2-6-14-26)22-20-30-35(36)29-16-9-24-43-40(29)47-34-18-10-23-42-39(34)44-41(30)47/h1-24H. The van der Waals surface area contributed by atoms with Crippen molar-refractivity contribution in [3.63, 3.8) is 0 Å². The number of para-hydroxylation sites is 3. The zero-order valence-corrected chi connectivity index (χ0v) is 25.0. The van der Waals surface area contributed by atoms with Gasteiger partial charge < -0.3 is 9.13 Å². The van der Waals surface area contributed by atoms with E-state index in [0.29, 0.717) is 5.65 Å². The molecule has 0 fully saturated rings. The maximum absolute atomic E-state index is 5.07. The summed E-state index contributed by atoms with van der Waals surface area (Å²) in [6.07, 6.45) is 3.67. The number of rotatable bonds is 2. The third-order valence-corrected chi connectivity index (χ3v) is 9.70. The molecule has 11 aromatic rings. The van der Waals surface area contributed by atoms with Gasteiger partial charge in [-0.05, 0) is 72.8 Å². The van der Waals surface area contributed by atoms with Crippen molar-refractivity contribution < 1.29 is 0 Å². The Morgan fingerprint density at radius 1 is 0.383 bits per heavy atom. The van der Waals surface area contributed by atoms with Crippen LogP contribution in [0.3, 0.4) is 0 Å². The van der Waals surface area contributed by atoms with Crippen molar-refractivity contribution in [2.24, 2.45) is 0 Å². The first-order valence-corrected chi connectivity index (χ1v) is 15.8. The Kier molecular flexibility index (Phi) is 4.75. The molecule has 0 saturated carbocycles. The largest absolute Gasteiger partial charge is 0.309 e. The molecule has 218 valence electrons. The van der Waals surface area contributed by atoms with E-state index in [4.69, 9.17) is 9.97 Å². The summed E-state index contributed by atoms with van der Waals surface area (Å²) >= 11 is 0. The van der Waals surface area contributed by atoms with Crippen LogP contribution in [0.5, 0.6) is 0 Å². The molecular weight excluding hydrogens is 576 g/mol. The maximum Gasteiger partial charge on any atom is 0.178 e. The van der Waals surface area contributed by atoms with Crippen LogP contribution in [0.4, 0.5) is 0 Å². The molecular formula is C41H24N6. The van der Waals surface area contributed by atoms with Gasteiger partial charge in [0.1, 0.15) is 11.3 Å². The summed E-state index contributed by atoms with van der Waals surface area (Å²) in [6.45, 7) is 0. The van der Waals surface area contributed by atoms with Gasteiger partial charge in [0.25, 0.3) is 0 Å². The van der Waals surface area contributed by atoms with E-state index in [-0.39, 0.29) is 0 Å². The molecule has 0 N–H and O–H groups in total. The van der Waals surface area contributed by atoms with E-state index in [2.05, 4.69) is 140 Å². The Morgan fingerprint density at radius 2 is 1.00 bits per heavy atom. The predicted octanol–water partition coefficient (Wildman–Crippen LogP) is 9.78. The van der Waals surface area contributed by atoms with Crippen LogP contribution in [0.1, 0.15) is 0 Å². The van der Waals surface area contributed by atoms with Crippen LogP contribution in [0, 0.1) is 0 Å². The smallest absolute Gasteiger partial charge is 0.178 e. The van der Waals surface area contributed by atoms with Gasteiger partial charge in [0.05, 0.1) is 27.6 Å². The molecule has 6 nitrogen and oxygen atoms in total. The lowest BCUT2D eigenvalue weighted by Gasteiger charge is -2.11. The second-order valence-corrected chi connectivity index (χ2v) is 12.1. The summed E-state index contributed by atoms with van der Waals surface area (Å²) < 4.78 is 7.00. The molecule has 11 rings (SSSR count). The highest BCUT2D eigenvalue weighted by Crippen LogP contribution is 2.45. The van der Waals surface area contributed by atoms with Crippen molar-refractivity contribution in [1.29, 1.82) is 0 Å². The molecule has 47 heavy (non-hydrogen) atoms. The average Bonchev–Trinajstić information content (AvgIpc) is 3.80. The number of hydrogen-bond donors (Lipinski definition) is 0. The van der Waals surface area contributed by atoms with Crippen molar-refractivity contribution >= 4 is 82.2 Å². The van der Waals surface area contributed by atoms with E-state index < -0.39 is 0 Å². The van der Waals surface area contributed by atoms with Crippen LogP contribution in [0.2, 0.25) is 0 Å². The van der Waals surface area contributed by atoms with Crippen molar-refractivity contribution in [3.8, 4) is 11.4 Å². The monoisotopic (exact) mass is 600 g/mol. The fraction of sp³-hybridized carbons (Fsp3) is 0. The number of imidazole rings is 1. The molecule has 0 radical (unpaired) electrons. The fourth-order valence-corrected chi connectivity index (χ4v) is 7.89. The first kappa shape index (κ1) is 24.8. The molecule has 0 amide bonds. The average molecular weight is 601 g/mol. The topological polar surface area (TPSA) is 52.9 Å². The number of fused-ring (bicyclic) bond motifs is 16. The summed E-state index contributed by atoms with van der Waals surface area (Å²) in [5.74, 6) is 0. The van der Waals surface area contributed by atoms with Crippen molar-refractivity contribution in [2.75, 3.05) is 0 Å². The van der Waals surface area contributed by atoms with Gasteiger partial charge in [-0.15, -0.1) is 0 Å². The van der Waals surface area contributed by atoms with Crippen LogP contribution in [0.25, 0.3) is 93.6 Å². The molecule has 0 atom stereocenters. The Hall–Kier alpha value is -6.53. The van der Waals surface area contributed by atoms with Gasteiger partial charge in [-0.25, -0.2) is 15.0 Å². The number of aromatic nitrogens is 6. The molecule has 0 unspecified atom stereocenters. The molecule has 0 aliphatic rings. The van der Waals surface area contributed by atoms with Gasteiger partial charge in [0, 0.05) is 61.5 Å². The highest BCUT2D eigenvalue weighted by molar-refractivity contribution is 6.34. The van der Waals surface area contributed by atoms with Crippen LogP contribution < -0.4 is 0 Å². The van der Waals surface area contributed by atoms with Crippen molar-refractivity contribution in [2.45, 2.75) is 0 Å². The molecule has 0 aliphatic carbocycles. The number of benzene rings is 5. The minimum absolute atomic E-state index is 0.717. The number of hydrogen-bond acceptors (Lipinski definition) is 3. The zero-order valence-electron chi connectivity index (χ0n) is 25.0. The quantitative estimate of drug-likeness (QED) is 0.186. The zero-order chi connectivity index (χ0) is 30.6. The minimum atomic E-state index is 0.717. The van der Waals surface area contributed by atoms with Gasteiger partial charge >= 0.3 is 0 Å². The second kappa shape index (κ2) is 9.02. The highest BCUT2D eigenvalue weighted by atomic mass is 15.1. The Balaban J connectivity index is 1.43. The predicted molar refractivity (Wildman–Crippen MR) is 192 cm³/mol. The molecule has 0 aliphatic heterocycles. The Bertz CT molecular complexity index is 3060. The first-order valence-electron chi connectivity index (χ1n) is 15.8. The van der Waals surface area contributed by atoms with Crippen molar-refractivity contribution in [1.82, 2.24) is 28.5 Å². The number of nitrogens with zero attached hydrogens (tertiary/aromatic N) is 6. The van der Waals surface area contributed by atoms with E-state index in [1.54, 1.807) is 6.20 Å². The van der Waals surface area contributed by atoms with Crippen molar-refractivity contribution in [3.05, 3.63) is 146 Å². The summed E-state index contributed by atoms with van der Waals surface area (Å²) in [6, 6.07) is 47.5. The van der Waals surface area contributed by atoms with Gasteiger partial charge in [-0.3, -0.25) is 4.40 Å². The lowest BCUT2D eigenvalue weighted by atomic mass is 10.0. The third kappa shape index (κ3) is 3.16. The fourth-order valence-electron chi connectivity index (χ4n) is 7.89. The van der Waals surface area contributed by atoms with Crippen LogP contribution in [-0.4, -0.2) is 28.5 Å².